The lowest BCUT2D eigenvalue weighted by Gasteiger charge is -2.29. The van der Waals surface area contributed by atoms with Crippen molar-refractivity contribution in [2.24, 2.45) is 0 Å². The van der Waals surface area contributed by atoms with Gasteiger partial charge in [0.05, 0.1) is 11.7 Å². The molecule has 0 saturated heterocycles. The standard InChI is InChI=1S/C45H32N2/c1-3-16-40-38(14-1)44(32-23-20-31(21-24-32)22-27-34-11-9-10-30-46-34)39-15-2-4-17-41(39)45(40)33-25-28-35(29-26-33)47-42-18-7-5-12-36(42)37-13-6-8-19-43(37)47/h1-30,36,42H. The number of pyridine rings is 1. The number of nitrogens with zero attached hydrogens (tertiary/aromatic N) is 2. The van der Waals surface area contributed by atoms with E-state index in [1.807, 2.05) is 24.4 Å². The van der Waals surface area contributed by atoms with E-state index in [0.29, 0.717) is 12.0 Å². The Morgan fingerprint density at radius 3 is 1.72 bits per heavy atom. The first-order valence-electron chi connectivity index (χ1n) is 16.3. The topological polar surface area (TPSA) is 16.1 Å². The maximum Gasteiger partial charge on any atom is 0.0629 e. The van der Waals surface area contributed by atoms with Crippen LogP contribution in [-0.2, 0) is 0 Å². The number of rotatable bonds is 5. The highest BCUT2D eigenvalue weighted by atomic mass is 15.2. The summed E-state index contributed by atoms with van der Waals surface area (Å²) in [5.41, 5.74) is 11.0. The van der Waals surface area contributed by atoms with E-state index in [-0.39, 0.29) is 0 Å². The number of anilines is 2. The van der Waals surface area contributed by atoms with Gasteiger partial charge in [0.25, 0.3) is 0 Å². The zero-order valence-electron chi connectivity index (χ0n) is 25.9. The second kappa shape index (κ2) is 11.4. The normalized spacial score (nSPS) is 16.6. The van der Waals surface area contributed by atoms with Crippen LogP contribution in [0, 0.1) is 0 Å². The van der Waals surface area contributed by atoms with E-state index in [0.717, 1.165) is 11.3 Å². The van der Waals surface area contributed by atoms with Gasteiger partial charge in [-0.1, -0.05) is 140 Å². The van der Waals surface area contributed by atoms with Crippen molar-refractivity contribution < 1.29 is 0 Å². The predicted octanol–water partition coefficient (Wildman–Crippen LogP) is 11.6. The molecule has 1 aromatic heterocycles. The number of para-hydroxylation sites is 1. The van der Waals surface area contributed by atoms with Crippen molar-refractivity contribution in [1.82, 2.24) is 4.98 Å². The molecule has 0 saturated carbocycles. The molecule has 1 aliphatic carbocycles. The lowest BCUT2D eigenvalue weighted by Crippen LogP contribution is -2.28. The fourth-order valence-corrected chi connectivity index (χ4v) is 7.55. The third-order valence-electron chi connectivity index (χ3n) is 9.66. The molecule has 0 N–H and O–H groups in total. The fraction of sp³-hybridized carbons (Fsp3) is 0.0444. The van der Waals surface area contributed by atoms with Crippen LogP contribution >= 0.6 is 0 Å². The summed E-state index contributed by atoms with van der Waals surface area (Å²) in [6, 6.07) is 50.9. The summed E-state index contributed by atoms with van der Waals surface area (Å²) in [5, 5.41) is 5.05. The highest BCUT2D eigenvalue weighted by Crippen LogP contribution is 2.48. The summed E-state index contributed by atoms with van der Waals surface area (Å²) in [5.74, 6) is 0.377. The van der Waals surface area contributed by atoms with Crippen molar-refractivity contribution in [3.05, 3.63) is 187 Å². The Balaban J connectivity index is 1.14. The largest absolute Gasteiger partial charge is 0.333 e. The molecule has 0 spiro atoms. The first-order valence-corrected chi connectivity index (χ1v) is 16.3. The lowest BCUT2D eigenvalue weighted by atomic mass is 9.86. The van der Waals surface area contributed by atoms with Crippen molar-refractivity contribution in [1.29, 1.82) is 0 Å². The monoisotopic (exact) mass is 600 g/mol. The van der Waals surface area contributed by atoms with Gasteiger partial charge in [-0.15, -0.1) is 0 Å². The van der Waals surface area contributed by atoms with Crippen molar-refractivity contribution in [3.8, 4) is 22.3 Å². The van der Waals surface area contributed by atoms with E-state index >= 15 is 0 Å². The molecule has 2 atom stereocenters. The molecule has 1 aliphatic heterocycles. The van der Waals surface area contributed by atoms with Crippen LogP contribution in [0.1, 0.15) is 22.7 Å². The fourth-order valence-electron chi connectivity index (χ4n) is 7.55. The maximum absolute atomic E-state index is 4.42. The summed E-state index contributed by atoms with van der Waals surface area (Å²) in [7, 11) is 0. The Kier molecular flexibility index (Phi) is 6.64. The third-order valence-corrected chi connectivity index (χ3v) is 9.66. The number of hydrogen-bond acceptors (Lipinski definition) is 2. The van der Waals surface area contributed by atoms with Gasteiger partial charge in [-0.25, -0.2) is 0 Å². The van der Waals surface area contributed by atoms with E-state index < -0.39 is 0 Å². The van der Waals surface area contributed by atoms with Crippen molar-refractivity contribution in [3.63, 3.8) is 0 Å². The molecule has 2 aliphatic rings. The predicted molar refractivity (Wildman–Crippen MR) is 199 cm³/mol. The Labute approximate surface area is 275 Å². The molecule has 2 unspecified atom stereocenters. The highest BCUT2D eigenvalue weighted by Gasteiger charge is 2.36. The van der Waals surface area contributed by atoms with Gasteiger partial charge in [-0.2, -0.15) is 0 Å². The molecule has 0 radical (unpaired) electrons. The van der Waals surface area contributed by atoms with Crippen LogP contribution in [0.2, 0.25) is 0 Å². The summed E-state index contributed by atoms with van der Waals surface area (Å²) >= 11 is 0. The molecular formula is C45H32N2. The highest BCUT2D eigenvalue weighted by molar-refractivity contribution is 6.21. The van der Waals surface area contributed by atoms with E-state index in [1.165, 1.54) is 60.7 Å². The average molecular weight is 601 g/mol. The molecule has 0 amide bonds. The van der Waals surface area contributed by atoms with Gasteiger partial charge in [-0.05, 0) is 91.3 Å². The molecular weight excluding hydrogens is 569 g/mol. The number of aromatic nitrogens is 1. The van der Waals surface area contributed by atoms with Gasteiger partial charge < -0.3 is 4.90 Å². The molecule has 47 heavy (non-hydrogen) atoms. The number of allylic oxidation sites excluding steroid dienone is 2. The molecule has 7 aromatic rings. The quantitative estimate of drug-likeness (QED) is 0.183. The van der Waals surface area contributed by atoms with Crippen LogP contribution in [0.15, 0.2) is 170 Å². The lowest BCUT2D eigenvalue weighted by molar-refractivity contribution is 0.745. The molecule has 0 fully saturated rings. The first kappa shape index (κ1) is 27.3. The van der Waals surface area contributed by atoms with Gasteiger partial charge in [-0.3, -0.25) is 4.98 Å². The van der Waals surface area contributed by atoms with E-state index in [9.17, 15) is 0 Å². The molecule has 6 aromatic carbocycles. The van der Waals surface area contributed by atoms with Crippen molar-refractivity contribution in [2.75, 3.05) is 4.90 Å². The van der Waals surface area contributed by atoms with Crippen LogP contribution in [-0.4, -0.2) is 11.0 Å². The minimum absolute atomic E-state index is 0.293. The van der Waals surface area contributed by atoms with Crippen LogP contribution in [0.5, 0.6) is 0 Å². The first-order chi connectivity index (χ1) is 23.3. The minimum atomic E-state index is 0.293. The van der Waals surface area contributed by atoms with Crippen molar-refractivity contribution >= 4 is 45.1 Å². The summed E-state index contributed by atoms with van der Waals surface area (Å²) < 4.78 is 0. The molecule has 222 valence electrons. The van der Waals surface area contributed by atoms with E-state index in [2.05, 4.69) is 168 Å². The van der Waals surface area contributed by atoms with E-state index in [4.69, 9.17) is 0 Å². The molecule has 0 bridgehead atoms. The molecule has 2 heterocycles. The van der Waals surface area contributed by atoms with Gasteiger partial charge in [0.1, 0.15) is 0 Å². The van der Waals surface area contributed by atoms with Crippen LogP contribution in [0.4, 0.5) is 11.4 Å². The summed E-state index contributed by atoms with van der Waals surface area (Å²) in [6.45, 7) is 0. The second-order valence-corrected chi connectivity index (χ2v) is 12.3. The minimum Gasteiger partial charge on any atom is -0.333 e. The Morgan fingerprint density at radius 2 is 1.09 bits per heavy atom. The maximum atomic E-state index is 4.42. The summed E-state index contributed by atoms with van der Waals surface area (Å²) in [4.78, 5) is 6.91. The Morgan fingerprint density at radius 1 is 0.511 bits per heavy atom. The van der Waals surface area contributed by atoms with Crippen molar-refractivity contribution in [2.45, 2.75) is 12.0 Å². The van der Waals surface area contributed by atoms with Gasteiger partial charge in [0.15, 0.2) is 0 Å². The molecule has 2 nitrogen and oxygen atoms in total. The van der Waals surface area contributed by atoms with Gasteiger partial charge >= 0.3 is 0 Å². The smallest absolute Gasteiger partial charge is 0.0629 e. The third kappa shape index (κ3) is 4.69. The van der Waals surface area contributed by atoms with Gasteiger partial charge in [0, 0.05) is 23.5 Å². The zero-order chi connectivity index (χ0) is 31.2. The second-order valence-electron chi connectivity index (χ2n) is 12.3. The zero-order valence-corrected chi connectivity index (χ0v) is 25.9. The molecule has 9 rings (SSSR count). The number of benzene rings is 6. The molecule has 2 heteroatoms. The Hall–Kier alpha value is -5.99. The van der Waals surface area contributed by atoms with E-state index in [1.54, 1.807) is 0 Å². The van der Waals surface area contributed by atoms with Crippen LogP contribution in [0.3, 0.4) is 0 Å². The SMILES string of the molecule is C1=CC2c3ccccc3N(c3ccc(-c4c5ccccc5c(-c5ccc(C=Cc6ccccn6)cc5)c5ccccc45)cc3)C2C=C1. The van der Waals surface area contributed by atoms with Crippen LogP contribution < -0.4 is 4.90 Å². The Bertz CT molecular complexity index is 2290. The van der Waals surface area contributed by atoms with Gasteiger partial charge in [0.2, 0.25) is 0 Å². The summed E-state index contributed by atoms with van der Waals surface area (Å²) in [6.07, 6.45) is 15.0. The number of hydrogen-bond donors (Lipinski definition) is 0. The average Bonchev–Trinajstić information content (AvgIpc) is 3.48. The van der Waals surface area contributed by atoms with Crippen LogP contribution in [0.25, 0.3) is 56.0 Å². The number of fused-ring (bicyclic) bond motifs is 5.